The molecule has 0 aromatic heterocycles. The molecule has 2 aliphatic rings. The number of piperidine rings is 1. The molecule has 158 valence electrons. The first kappa shape index (κ1) is 20.1. The zero-order valence-corrected chi connectivity index (χ0v) is 17.3. The molecule has 0 saturated carbocycles. The van der Waals surface area contributed by atoms with E-state index in [2.05, 4.69) is 11.4 Å². The molecule has 2 amide bonds. The predicted molar refractivity (Wildman–Crippen MR) is 112 cm³/mol. The van der Waals surface area contributed by atoms with Crippen LogP contribution in [0.4, 0.5) is 5.69 Å². The molecule has 2 aliphatic heterocycles. The first-order chi connectivity index (χ1) is 14.5. The van der Waals surface area contributed by atoms with Crippen molar-refractivity contribution >= 4 is 17.5 Å². The van der Waals surface area contributed by atoms with Crippen molar-refractivity contribution in [2.24, 2.45) is 5.92 Å². The number of fused-ring (bicyclic) bond motifs is 1. The van der Waals surface area contributed by atoms with Crippen molar-refractivity contribution < 1.29 is 23.8 Å². The number of carbonyl (C=O) groups is 2. The summed E-state index contributed by atoms with van der Waals surface area (Å²) < 4.78 is 16.3. The number of carbonyl (C=O) groups excluding carboxylic acids is 2. The lowest BCUT2D eigenvalue weighted by atomic mass is 9.95. The maximum absolute atomic E-state index is 12.6. The number of ether oxygens (including phenoxy) is 3. The zero-order valence-electron chi connectivity index (χ0n) is 17.3. The number of likely N-dealkylation sites (tertiary alicyclic amines) is 1. The Kier molecular flexibility index (Phi) is 5.79. The number of amides is 2. The standard InChI is InChI=1S/C23H26N2O5/c1-15-9-16(2)11-19(10-15)28-13-22(26)25-7-5-17(6-8-25)23(27)24-18-3-4-20-21(12-18)30-14-29-20/h3-4,9-12,17H,5-8,13-14H2,1-2H3,(H,24,27). The Labute approximate surface area is 175 Å². The van der Waals surface area contributed by atoms with E-state index < -0.39 is 0 Å². The van der Waals surface area contributed by atoms with Crippen molar-refractivity contribution in [1.29, 1.82) is 0 Å². The van der Waals surface area contributed by atoms with Crippen LogP contribution >= 0.6 is 0 Å². The number of nitrogens with one attached hydrogen (secondary N) is 1. The number of rotatable bonds is 5. The fraction of sp³-hybridized carbons (Fsp3) is 0.391. The van der Waals surface area contributed by atoms with Crippen LogP contribution in [0, 0.1) is 19.8 Å². The van der Waals surface area contributed by atoms with Gasteiger partial charge in [0.1, 0.15) is 5.75 Å². The highest BCUT2D eigenvalue weighted by Gasteiger charge is 2.28. The molecule has 2 aromatic carbocycles. The number of benzene rings is 2. The van der Waals surface area contributed by atoms with Crippen molar-refractivity contribution in [3.8, 4) is 17.2 Å². The molecule has 0 unspecified atom stereocenters. The summed E-state index contributed by atoms with van der Waals surface area (Å²) in [6.45, 7) is 5.31. The summed E-state index contributed by atoms with van der Waals surface area (Å²) in [7, 11) is 0. The number of aryl methyl sites for hydroxylation is 2. The van der Waals surface area contributed by atoms with E-state index in [4.69, 9.17) is 14.2 Å². The molecule has 2 aromatic rings. The molecule has 1 N–H and O–H groups in total. The monoisotopic (exact) mass is 410 g/mol. The molecule has 4 rings (SSSR count). The fourth-order valence-corrected chi connectivity index (χ4v) is 3.86. The summed E-state index contributed by atoms with van der Waals surface area (Å²) in [6.07, 6.45) is 1.26. The summed E-state index contributed by atoms with van der Waals surface area (Å²) in [6, 6.07) is 11.3. The van der Waals surface area contributed by atoms with E-state index in [-0.39, 0.29) is 31.1 Å². The van der Waals surface area contributed by atoms with Crippen molar-refractivity contribution in [3.05, 3.63) is 47.5 Å². The minimum Gasteiger partial charge on any atom is -0.484 e. The van der Waals surface area contributed by atoms with Crippen molar-refractivity contribution in [2.45, 2.75) is 26.7 Å². The van der Waals surface area contributed by atoms with E-state index in [1.54, 1.807) is 23.1 Å². The van der Waals surface area contributed by atoms with Crippen LogP contribution in [0.1, 0.15) is 24.0 Å². The number of hydrogen-bond acceptors (Lipinski definition) is 5. The quantitative estimate of drug-likeness (QED) is 0.819. The van der Waals surface area contributed by atoms with Crippen molar-refractivity contribution in [1.82, 2.24) is 4.90 Å². The van der Waals surface area contributed by atoms with Gasteiger partial charge in [0, 0.05) is 30.8 Å². The van der Waals surface area contributed by atoms with E-state index in [0.717, 1.165) is 11.1 Å². The number of nitrogens with zero attached hydrogens (tertiary/aromatic N) is 1. The van der Waals surface area contributed by atoms with Gasteiger partial charge in [-0.3, -0.25) is 9.59 Å². The van der Waals surface area contributed by atoms with Crippen LogP contribution in [0.2, 0.25) is 0 Å². The Hall–Kier alpha value is -3.22. The van der Waals surface area contributed by atoms with Crippen LogP contribution in [0.25, 0.3) is 0 Å². The van der Waals surface area contributed by atoms with Gasteiger partial charge in [0.2, 0.25) is 12.7 Å². The minimum atomic E-state index is -0.125. The van der Waals surface area contributed by atoms with Gasteiger partial charge in [-0.05, 0) is 62.1 Å². The average molecular weight is 410 g/mol. The molecule has 1 fully saturated rings. The second-order valence-electron chi connectivity index (χ2n) is 7.82. The molecule has 7 nitrogen and oxygen atoms in total. The van der Waals surface area contributed by atoms with Gasteiger partial charge in [-0.2, -0.15) is 0 Å². The fourth-order valence-electron chi connectivity index (χ4n) is 3.86. The minimum absolute atomic E-state index is 0.0109. The highest BCUT2D eigenvalue weighted by atomic mass is 16.7. The average Bonchev–Trinajstić information content (AvgIpc) is 3.19. The Morgan fingerprint density at radius 3 is 2.47 bits per heavy atom. The Morgan fingerprint density at radius 2 is 1.73 bits per heavy atom. The Morgan fingerprint density at radius 1 is 1.03 bits per heavy atom. The van der Waals surface area contributed by atoms with Gasteiger partial charge in [0.15, 0.2) is 18.1 Å². The first-order valence-electron chi connectivity index (χ1n) is 10.2. The van der Waals surface area contributed by atoms with Gasteiger partial charge in [-0.1, -0.05) is 6.07 Å². The van der Waals surface area contributed by atoms with E-state index in [1.165, 1.54) is 0 Å². The first-order valence-corrected chi connectivity index (χ1v) is 10.2. The molecule has 0 aliphatic carbocycles. The molecule has 0 bridgehead atoms. The molecule has 0 radical (unpaired) electrons. The second-order valence-corrected chi connectivity index (χ2v) is 7.82. The maximum Gasteiger partial charge on any atom is 0.260 e. The molecule has 0 atom stereocenters. The van der Waals surface area contributed by atoms with E-state index in [1.807, 2.05) is 26.0 Å². The largest absolute Gasteiger partial charge is 0.484 e. The van der Waals surface area contributed by atoms with Gasteiger partial charge >= 0.3 is 0 Å². The van der Waals surface area contributed by atoms with E-state index >= 15 is 0 Å². The molecular formula is C23H26N2O5. The van der Waals surface area contributed by atoms with Crippen LogP contribution in [-0.4, -0.2) is 43.2 Å². The molecule has 7 heteroatoms. The van der Waals surface area contributed by atoms with Crippen LogP contribution in [0.5, 0.6) is 17.2 Å². The molecule has 1 saturated heterocycles. The lowest BCUT2D eigenvalue weighted by Crippen LogP contribution is -2.43. The van der Waals surface area contributed by atoms with Crippen LogP contribution in [-0.2, 0) is 9.59 Å². The highest BCUT2D eigenvalue weighted by Crippen LogP contribution is 2.34. The molecular weight excluding hydrogens is 384 g/mol. The van der Waals surface area contributed by atoms with Crippen LogP contribution in [0.3, 0.4) is 0 Å². The van der Waals surface area contributed by atoms with Crippen LogP contribution < -0.4 is 19.5 Å². The van der Waals surface area contributed by atoms with Crippen molar-refractivity contribution in [2.75, 3.05) is 31.8 Å². The predicted octanol–water partition coefficient (Wildman–Crippen LogP) is 3.29. The SMILES string of the molecule is Cc1cc(C)cc(OCC(=O)N2CCC(C(=O)Nc3ccc4c(c3)OCO4)CC2)c1. The Bertz CT molecular complexity index is 930. The Balaban J connectivity index is 1.24. The summed E-state index contributed by atoms with van der Waals surface area (Å²) in [5, 5.41) is 2.94. The van der Waals surface area contributed by atoms with E-state index in [0.29, 0.717) is 48.9 Å². The lowest BCUT2D eigenvalue weighted by Gasteiger charge is -2.31. The van der Waals surface area contributed by atoms with Gasteiger partial charge in [-0.15, -0.1) is 0 Å². The second kappa shape index (κ2) is 8.65. The summed E-state index contributed by atoms with van der Waals surface area (Å²) in [5.41, 5.74) is 2.89. The van der Waals surface area contributed by atoms with Gasteiger partial charge in [0.05, 0.1) is 0 Å². The summed E-state index contributed by atoms with van der Waals surface area (Å²) in [4.78, 5) is 26.9. The van der Waals surface area contributed by atoms with Gasteiger partial charge < -0.3 is 24.4 Å². The third-order valence-electron chi connectivity index (χ3n) is 5.42. The van der Waals surface area contributed by atoms with Gasteiger partial charge in [0.25, 0.3) is 5.91 Å². The number of hydrogen-bond donors (Lipinski definition) is 1. The number of anilines is 1. The van der Waals surface area contributed by atoms with Crippen molar-refractivity contribution in [3.63, 3.8) is 0 Å². The third-order valence-corrected chi connectivity index (χ3v) is 5.42. The summed E-state index contributed by atoms with van der Waals surface area (Å²) >= 11 is 0. The third kappa shape index (κ3) is 4.67. The zero-order chi connectivity index (χ0) is 21.1. The van der Waals surface area contributed by atoms with Crippen LogP contribution in [0.15, 0.2) is 36.4 Å². The molecule has 0 spiro atoms. The lowest BCUT2D eigenvalue weighted by molar-refractivity contribution is -0.136. The maximum atomic E-state index is 12.6. The topological polar surface area (TPSA) is 77.1 Å². The summed E-state index contributed by atoms with van der Waals surface area (Å²) in [5.74, 6) is 1.81. The highest BCUT2D eigenvalue weighted by molar-refractivity contribution is 5.93. The van der Waals surface area contributed by atoms with Gasteiger partial charge in [-0.25, -0.2) is 0 Å². The van der Waals surface area contributed by atoms with E-state index in [9.17, 15) is 9.59 Å². The molecule has 30 heavy (non-hydrogen) atoms. The molecule has 2 heterocycles. The smallest absolute Gasteiger partial charge is 0.260 e. The normalized spacial score (nSPS) is 15.7.